The van der Waals surface area contributed by atoms with E-state index < -0.39 is 0 Å². The third-order valence-corrected chi connectivity index (χ3v) is 4.08. The zero-order valence-electron chi connectivity index (χ0n) is 13.7. The van der Waals surface area contributed by atoms with Crippen molar-refractivity contribution in [2.45, 2.75) is 32.6 Å². The molecule has 122 valence electrons. The van der Waals surface area contributed by atoms with Gasteiger partial charge >= 0.3 is 0 Å². The first-order chi connectivity index (χ1) is 11.3. The second kappa shape index (κ2) is 7.26. The van der Waals surface area contributed by atoms with E-state index in [1.807, 2.05) is 25.1 Å². The number of ether oxygens (including phenoxy) is 1. The van der Waals surface area contributed by atoms with Crippen LogP contribution in [0, 0.1) is 6.92 Å². The minimum absolute atomic E-state index is 0.496. The van der Waals surface area contributed by atoms with Gasteiger partial charge in [0.05, 0.1) is 19.0 Å². The summed E-state index contributed by atoms with van der Waals surface area (Å²) < 4.78 is 5.39. The quantitative estimate of drug-likeness (QED) is 0.934. The van der Waals surface area contributed by atoms with Gasteiger partial charge in [-0.15, -0.1) is 5.10 Å². The first-order valence-corrected chi connectivity index (χ1v) is 8.12. The van der Waals surface area contributed by atoms with E-state index in [0.29, 0.717) is 5.95 Å². The molecule has 0 unspecified atom stereocenters. The largest absolute Gasteiger partial charge is 0.495 e. The van der Waals surface area contributed by atoms with E-state index in [0.717, 1.165) is 35.9 Å². The highest BCUT2D eigenvalue weighted by molar-refractivity contribution is 5.64. The van der Waals surface area contributed by atoms with Gasteiger partial charge in [-0.25, -0.2) is 0 Å². The molecule has 6 heteroatoms. The van der Waals surface area contributed by atoms with E-state index in [2.05, 4.69) is 25.4 Å². The molecule has 0 atom stereocenters. The van der Waals surface area contributed by atoms with Crippen molar-refractivity contribution in [2.24, 2.45) is 0 Å². The molecule has 0 aliphatic carbocycles. The molecule has 1 fully saturated rings. The number of rotatable bonds is 4. The molecule has 1 aliphatic heterocycles. The van der Waals surface area contributed by atoms with Crippen molar-refractivity contribution in [2.75, 3.05) is 30.4 Å². The maximum atomic E-state index is 5.39. The van der Waals surface area contributed by atoms with E-state index in [-0.39, 0.29) is 0 Å². The van der Waals surface area contributed by atoms with Crippen molar-refractivity contribution in [3.8, 4) is 5.75 Å². The molecule has 1 aromatic heterocycles. The number of aromatic nitrogens is 3. The van der Waals surface area contributed by atoms with Crippen LogP contribution in [-0.2, 0) is 0 Å². The van der Waals surface area contributed by atoms with Crippen molar-refractivity contribution in [1.29, 1.82) is 0 Å². The fraction of sp³-hybridized carbons (Fsp3) is 0.471. The Hall–Kier alpha value is -2.37. The zero-order valence-corrected chi connectivity index (χ0v) is 13.7. The van der Waals surface area contributed by atoms with Gasteiger partial charge < -0.3 is 15.0 Å². The van der Waals surface area contributed by atoms with Crippen LogP contribution in [0.1, 0.15) is 31.2 Å². The van der Waals surface area contributed by atoms with Crippen molar-refractivity contribution in [1.82, 2.24) is 15.2 Å². The van der Waals surface area contributed by atoms with E-state index >= 15 is 0 Å². The third-order valence-electron chi connectivity index (χ3n) is 4.08. The van der Waals surface area contributed by atoms with Crippen LogP contribution in [0.15, 0.2) is 24.4 Å². The second-order valence-corrected chi connectivity index (χ2v) is 5.87. The maximum Gasteiger partial charge on any atom is 0.249 e. The zero-order chi connectivity index (χ0) is 16.1. The molecule has 0 radical (unpaired) electrons. The molecular formula is C17H23N5O. The highest BCUT2D eigenvalue weighted by Gasteiger charge is 2.13. The van der Waals surface area contributed by atoms with E-state index in [1.54, 1.807) is 13.3 Å². The highest BCUT2D eigenvalue weighted by Crippen LogP contribution is 2.27. The Labute approximate surface area is 136 Å². The first-order valence-electron chi connectivity index (χ1n) is 8.12. The Morgan fingerprint density at radius 3 is 2.65 bits per heavy atom. The monoisotopic (exact) mass is 313 g/mol. The summed E-state index contributed by atoms with van der Waals surface area (Å²) >= 11 is 0. The van der Waals surface area contributed by atoms with Crippen molar-refractivity contribution < 1.29 is 4.74 Å². The van der Waals surface area contributed by atoms with Gasteiger partial charge in [0, 0.05) is 13.1 Å². The van der Waals surface area contributed by atoms with Crippen LogP contribution in [0.2, 0.25) is 0 Å². The van der Waals surface area contributed by atoms with E-state index in [4.69, 9.17) is 4.74 Å². The van der Waals surface area contributed by atoms with Crippen LogP contribution >= 0.6 is 0 Å². The minimum Gasteiger partial charge on any atom is -0.495 e. The van der Waals surface area contributed by atoms with Gasteiger partial charge in [0.15, 0.2) is 5.82 Å². The van der Waals surface area contributed by atoms with Crippen LogP contribution in [0.25, 0.3) is 0 Å². The molecular weight excluding hydrogens is 290 g/mol. The highest BCUT2D eigenvalue weighted by atomic mass is 16.5. The predicted octanol–water partition coefficient (Wildman–Crippen LogP) is 3.31. The lowest BCUT2D eigenvalue weighted by atomic mass is 10.2. The SMILES string of the molecule is COc1ccc(C)cc1Nc1nncc(N2CCCCCC2)n1. The average molecular weight is 313 g/mol. The fourth-order valence-electron chi connectivity index (χ4n) is 2.84. The number of hydrogen-bond acceptors (Lipinski definition) is 6. The number of aryl methyl sites for hydroxylation is 1. The summed E-state index contributed by atoms with van der Waals surface area (Å²) in [6.45, 7) is 4.11. The fourth-order valence-corrected chi connectivity index (χ4v) is 2.84. The van der Waals surface area contributed by atoms with Crippen LogP contribution in [-0.4, -0.2) is 35.4 Å². The predicted molar refractivity (Wildman–Crippen MR) is 91.5 cm³/mol. The smallest absolute Gasteiger partial charge is 0.249 e. The van der Waals surface area contributed by atoms with Crippen LogP contribution in [0.4, 0.5) is 17.5 Å². The Kier molecular flexibility index (Phi) is 4.90. The van der Waals surface area contributed by atoms with Crippen molar-refractivity contribution in [3.63, 3.8) is 0 Å². The van der Waals surface area contributed by atoms with Crippen LogP contribution in [0.3, 0.4) is 0 Å². The molecule has 0 amide bonds. The van der Waals surface area contributed by atoms with Gasteiger partial charge in [-0.1, -0.05) is 18.9 Å². The number of anilines is 3. The lowest BCUT2D eigenvalue weighted by molar-refractivity contribution is 0.416. The summed E-state index contributed by atoms with van der Waals surface area (Å²) in [6.07, 6.45) is 6.74. The molecule has 0 bridgehead atoms. The van der Waals surface area contributed by atoms with Gasteiger partial charge in [-0.05, 0) is 37.5 Å². The lowest BCUT2D eigenvalue weighted by Gasteiger charge is -2.21. The third kappa shape index (κ3) is 3.88. The molecule has 23 heavy (non-hydrogen) atoms. The van der Waals surface area contributed by atoms with E-state index in [9.17, 15) is 0 Å². The van der Waals surface area contributed by atoms with Gasteiger partial charge in [0.2, 0.25) is 5.95 Å². The first kappa shape index (κ1) is 15.5. The summed E-state index contributed by atoms with van der Waals surface area (Å²) in [5, 5.41) is 11.4. The van der Waals surface area contributed by atoms with Crippen LogP contribution in [0.5, 0.6) is 5.75 Å². The van der Waals surface area contributed by atoms with Gasteiger partial charge in [-0.2, -0.15) is 10.1 Å². The molecule has 6 nitrogen and oxygen atoms in total. The lowest BCUT2D eigenvalue weighted by Crippen LogP contribution is -2.25. The average Bonchev–Trinajstić information content (AvgIpc) is 2.85. The molecule has 2 aromatic rings. The Morgan fingerprint density at radius 2 is 1.91 bits per heavy atom. The molecule has 3 rings (SSSR count). The molecule has 1 saturated heterocycles. The number of nitrogens with one attached hydrogen (secondary N) is 1. The normalized spacial score (nSPS) is 15.1. The minimum atomic E-state index is 0.496. The summed E-state index contributed by atoms with van der Waals surface area (Å²) in [7, 11) is 1.66. The summed E-state index contributed by atoms with van der Waals surface area (Å²) in [6, 6.07) is 5.96. The molecule has 0 saturated carbocycles. The molecule has 1 aromatic carbocycles. The van der Waals surface area contributed by atoms with Gasteiger partial charge in [0.1, 0.15) is 5.75 Å². The van der Waals surface area contributed by atoms with Gasteiger partial charge in [0.25, 0.3) is 0 Å². The topological polar surface area (TPSA) is 63.2 Å². The standard InChI is InChI=1S/C17H23N5O/c1-13-7-8-15(23-2)14(11-13)19-17-20-16(12-18-21-17)22-9-5-3-4-6-10-22/h7-8,11-12H,3-6,9-10H2,1-2H3,(H,19,20,21). The maximum absolute atomic E-state index is 5.39. The Balaban J connectivity index is 1.81. The van der Waals surface area contributed by atoms with Crippen molar-refractivity contribution in [3.05, 3.63) is 30.0 Å². The molecule has 1 aliphatic rings. The van der Waals surface area contributed by atoms with Crippen molar-refractivity contribution >= 4 is 17.5 Å². The number of nitrogens with zero attached hydrogens (tertiary/aromatic N) is 4. The molecule has 0 spiro atoms. The summed E-state index contributed by atoms with van der Waals surface area (Å²) in [5.74, 6) is 2.14. The van der Waals surface area contributed by atoms with E-state index in [1.165, 1.54) is 25.7 Å². The number of methoxy groups -OCH3 is 1. The number of hydrogen-bond donors (Lipinski definition) is 1. The molecule has 2 heterocycles. The number of benzene rings is 1. The Morgan fingerprint density at radius 1 is 1.13 bits per heavy atom. The second-order valence-electron chi connectivity index (χ2n) is 5.87. The Bertz CT molecular complexity index is 653. The van der Waals surface area contributed by atoms with Crippen LogP contribution < -0.4 is 15.0 Å². The van der Waals surface area contributed by atoms with Gasteiger partial charge in [-0.3, -0.25) is 0 Å². The molecule has 1 N–H and O–H groups in total. The summed E-state index contributed by atoms with van der Waals surface area (Å²) in [5.41, 5.74) is 1.99. The summed E-state index contributed by atoms with van der Waals surface area (Å²) in [4.78, 5) is 6.92.